The van der Waals surface area contributed by atoms with E-state index in [0.29, 0.717) is 29.4 Å². The highest BCUT2D eigenvalue weighted by Crippen LogP contribution is 2.34. The molecule has 3 heteroatoms. The van der Waals surface area contributed by atoms with Crippen LogP contribution in [0.4, 0.5) is 0 Å². The first-order chi connectivity index (χ1) is 15.5. The molecule has 0 fully saturated rings. The van der Waals surface area contributed by atoms with Crippen LogP contribution in [0.5, 0.6) is 11.5 Å². The predicted molar refractivity (Wildman–Crippen MR) is 139 cm³/mol. The molecule has 0 aliphatic rings. The molecule has 0 saturated carbocycles. The van der Waals surface area contributed by atoms with Crippen LogP contribution >= 0.6 is 0 Å². The summed E-state index contributed by atoms with van der Waals surface area (Å²) in [6, 6.07) is 16.3. The van der Waals surface area contributed by atoms with Crippen LogP contribution in [0.1, 0.15) is 97.1 Å². The summed E-state index contributed by atoms with van der Waals surface area (Å²) in [7, 11) is 1.70. The fourth-order valence-corrected chi connectivity index (χ4v) is 4.66. The van der Waals surface area contributed by atoms with Crippen LogP contribution in [-0.2, 0) is 4.74 Å². The molecule has 2 aromatic carbocycles. The van der Waals surface area contributed by atoms with E-state index in [9.17, 15) is 5.11 Å². The molecule has 0 aromatic heterocycles. The van der Waals surface area contributed by atoms with E-state index < -0.39 is 0 Å². The zero-order valence-corrected chi connectivity index (χ0v) is 22.1. The Morgan fingerprint density at radius 2 is 1.36 bits per heavy atom. The van der Waals surface area contributed by atoms with Gasteiger partial charge in [0.2, 0.25) is 6.29 Å². The Hall–Kier alpha value is -2.00. The first-order valence-corrected chi connectivity index (χ1v) is 12.6. The Kier molecular flexibility index (Phi) is 10.3. The lowest BCUT2D eigenvalue weighted by atomic mass is 9.82. The van der Waals surface area contributed by atoms with E-state index in [1.54, 1.807) is 7.11 Å². The summed E-state index contributed by atoms with van der Waals surface area (Å²) in [5.41, 5.74) is 2.63. The van der Waals surface area contributed by atoms with Gasteiger partial charge in [0, 0.05) is 12.5 Å². The van der Waals surface area contributed by atoms with Gasteiger partial charge in [0.25, 0.3) is 0 Å². The topological polar surface area (TPSA) is 38.7 Å². The second-order valence-corrected chi connectivity index (χ2v) is 11.4. The lowest BCUT2D eigenvalue weighted by molar-refractivity contribution is -0.120. The van der Waals surface area contributed by atoms with E-state index in [4.69, 9.17) is 9.47 Å². The summed E-state index contributed by atoms with van der Waals surface area (Å²) in [5.74, 6) is 3.57. The van der Waals surface area contributed by atoms with Gasteiger partial charge in [-0.1, -0.05) is 79.2 Å². The SMILES string of the molecule is COC(Oc1ccc(C(C)CC(C)CCC(CC(C)C)c2ccc(O)cc2)cc1)C(C)(C)C. The summed E-state index contributed by atoms with van der Waals surface area (Å²) in [4.78, 5) is 0. The lowest BCUT2D eigenvalue weighted by Gasteiger charge is -2.29. The summed E-state index contributed by atoms with van der Waals surface area (Å²) in [5, 5.41) is 9.64. The van der Waals surface area contributed by atoms with Crippen molar-refractivity contribution in [3.63, 3.8) is 0 Å². The number of aromatic hydroxyl groups is 1. The van der Waals surface area contributed by atoms with Crippen molar-refractivity contribution in [2.24, 2.45) is 17.3 Å². The fraction of sp³-hybridized carbons (Fsp3) is 0.600. The number of methoxy groups -OCH3 is 1. The number of phenolic OH excluding ortho intramolecular Hbond substituents is 1. The Balaban J connectivity index is 1.92. The third-order valence-electron chi connectivity index (χ3n) is 6.50. The molecule has 0 radical (unpaired) electrons. The van der Waals surface area contributed by atoms with Gasteiger partial charge in [-0.25, -0.2) is 0 Å². The first kappa shape index (κ1) is 27.2. The molecule has 0 aliphatic heterocycles. The zero-order chi connectivity index (χ0) is 24.6. The van der Waals surface area contributed by atoms with Gasteiger partial charge in [-0.05, 0) is 78.3 Å². The minimum Gasteiger partial charge on any atom is -0.508 e. The highest BCUT2D eigenvalue weighted by atomic mass is 16.7. The van der Waals surface area contributed by atoms with Crippen LogP contribution in [-0.4, -0.2) is 18.5 Å². The lowest BCUT2D eigenvalue weighted by Crippen LogP contribution is -2.33. The van der Waals surface area contributed by atoms with Crippen LogP contribution in [0.15, 0.2) is 48.5 Å². The van der Waals surface area contributed by atoms with Crippen LogP contribution in [0.2, 0.25) is 0 Å². The maximum atomic E-state index is 9.64. The minimum atomic E-state index is -0.270. The monoisotopic (exact) mass is 454 g/mol. The second-order valence-electron chi connectivity index (χ2n) is 11.4. The molecule has 0 heterocycles. The minimum absolute atomic E-state index is 0.0797. The predicted octanol–water partition coefficient (Wildman–Crippen LogP) is 8.53. The van der Waals surface area contributed by atoms with E-state index in [1.165, 1.54) is 36.8 Å². The van der Waals surface area contributed by atoms with Crippen molar-refractivity contribution in [1.82, 2.24) is 0 Å². The van der Waals surface area contributed by atoms with Gasteiger partial charge < -0.3 is 14.6 Å². The molecule has 0 bridgehead atoms. The fourth-order valence-electron chi connectivity index (χ4n) is 4.66. The second kappa shape index (κ2) is 12.5. The number of hydrogen-bond acceptors (Lipinski definition) is 3. The van der Waals surface area contributed by atoms with Crippen molar-refractivity contribution < 1.29 is 14.6 Å². The molecule has 2 rings (SSSR count). The summed E-state index contributed by atoms with van der Waals surface area (Å²) in [6.07, 6.45) is 4.49. The molecule has 3 nitrogen and oxygen atoms in total. The standard InChI is InChI=1S/C30H46O3/c1-21(2)19-26(25-11-15-27(31)16-12-25)10-9-22(3)20-23(4)24-13-17-28(18-14-24)33-29(32-8)30(5,6)7/h11-18,21-23,26,29,31H,9-10,19-20H2,1-8H3. The number of phenols is 1. The molecule has 4 atom stereocenters. The third kappa shape index (κ3) is 9.04. The van der Waals surface area contributed by atoms with E-state index >= 15 is 0 Å². The highest BCUT2D eigenvalue weighted by Gasteiger charge is 2.26. The van der Waals surface area contributed by atoms with Crippen molar-refractivity contribution in [2.75, 3.05) is 7.11 Å². The molecule has 2 aromatic rings. The van der Waals surface area contributed by atoms with E-state index in [-0.39, 0.29) is 11.7 Å². The largest absolute Gasteiger partial charge is 0.508 e. The molecule has 0 saturated heterocycles. The Morgan fingerprint density at radius 1 is 0.788 bits per heavy atom. The highest BCUT2D eigenvalue weighted by molar-refractivity contribution is 5.30. The third-order valence-corrected chi connectivity index (χ3v) is 6.50. The Bertz CT molecular complexity index is 802. The van der Waals surface area contributed by atoms with Gasteiger partial charge in [0.05, 0.1) is 0 Å². The van der Waals surface area contributed by atoms with Gasteiger partial charge in [0.1, 0.15) is 11.5 Å². The van der Waals surface area contributed by atoms with Crippen molar-refractivity contribution in [1.29, 1.82) is 0 Å². The number of hydrogen-bond donors (Lipinski definition) is 1. The number of benzene rings is 2. The van der Waals surface area contributed by atoms with Gasteiger partial charge >= 0.3 is 0 Å². The van der Waals surface area contributed by atoms with Crippen LogP contribution < -0.4 is 4.74 Å². The average Bonchev–Trinajstić information content (AvgIpc) is 2.74. The first-order valence-electron chi connectivity index (χ1n) is 12.6. The number of rotatable bonds is 12. The van der Waals surface area contributed by atoms with Crippen LogP contribution in [0, 0.1) is 17.3 Å². The quantitative estimate of drug-likeness (QED) is 0.327. The molecular formula is C30H46O3. The molecule has 4 unspecified atom stereocenters. The summed E-state index contributed by atoms with van der Waals surface area (Å²) >= 11 is 0. The molecule has 1 N–H and O–H groups in total. The van der Waals surface area contributed by atoms with E-state index in [0.717, 1.165) is 5.75 Å². The average molecular weight is 455 g/mol. The van der Waals surface area contributed by atoms with E-state index in [2.05, 4.69) is 84.9 Å². The molecular weight excluding hydrogens is 408 g/mol. The molecule has 33 heavy (non-hydrogen) atoms. The van der Waals surface area contributed by atoms with Crippen LogP contribution in [0.3, 0.4) is 0 Å². The zero-order valence-electron chi connectivity index (χ0n) is 22.1. The van der Waals surface area contributed by atoms with Crippen molar-refractivity contribution >= 4 is 0 Å². The smallest absolute Gasteiger partial charge is 0.204 e. The van der Waals surface area contributed by atoms with Gasteiger partial charge in [-0.15, -0.1) is 0 Å². The van der Waals surface area contributed by atoms with Crippen LogP contribution in [0.25, 0.3) is 0 Å². The Labute approximate surface area is 202 Å². The maximum absolute atomic E-state index is 9.64. The van der Waals surface area contributed by atoms with Gasteiger partial charge in [-0.3, -0.25) is 0 Å². The molecule has 0 spiro atoms. The molecule has 0 amide bonds. The number of ether oxygens (including phenoxy) is 2. The van der Waals surface area contributed by atoms with E-state index in [1.807, 2.05) is 12.1 Å². The molecule has 184 valence electrons. The van der Waals surface area contributed by atoms with Gasteiger partial charge in [0.15, 0.2) is 0 Å². The molecule has 0 aliphatic carbocycles. The maximum Gasteiger partial charge on any atom is 0.204 e. The summed E-state index contributed by atoms with van der Waals surface area (Å²) in [6.45, 7) is 15.6. The van der Waals surface area contributed by atoms with Crippen molar-refractivity contribution in [2.45, 2.75) is 92.3 Å². The van der Waals surface area contributed by atoms with Crippen molar-refractivity contribution in [3.8, 4) is 11.5 Å². The van der Waals surface area contributed by atoms with Crippen molar-refractivity contribution in [3.05, 3.63) is 59.7 Å². The Morgan fingerprint density at radius 3 is 1.88 bits per heavy atom. The summed E-state index contributed by atoms with van der Waals surface area (Å²) < 4.78 is 11.6. The normalized spacial score (nSPS) is 15.8. The van der Waals surface area contributed by atoms with Gasteiger partial charge in [-0.2, -0.15) is 0 Å².